The van der Waals surface area contributed by atoms with E-state index >= 15 is 0 Å². The Balaban J connectivity index is 1.95. The first-order valence-corrected chi connectivity index (χ1v) is 6.60. The van der Waals surface area contributed by atoms with E-state index in [1.807, 2.05) is 37.3 Å². The van der Waals surface area contributed by atoms with E-state index in [0.29, 0.717) is 12.3 Å². The molecule has 0 radical (unpaired) electrons. The van der Waals surface area contributed by atoms with Crippen LogP contribution in [-0.4, -0.2) is 23.1 Å². The van der Waals surface area contributed by atoms with E-state index in [9.17, 15) is 4.79 Å². The predicted molar refractivity (Wildman–Crippen MR) is 76.8 cm³/mol. The molecule has 0 bridgehead atoms. The highest BCUT2D eigenvalue weighted by Crippen LogP contribution is 2.25. The lowest BCUT2D eigenvalue weighted by Gasteiger charge is -2.37. The zero-order valence-corrected chi connectivity index (χ0v) is 11.6. The average Bonchev–Trinajstić information content (AvgIpc) is 2.45. The molecule has 0 saturated carbocycles. The van der Waals surface area contributed by atoms with E-state index in [1.165, 1.54) is 4.90 Å². The van der Waals surface area contributed by atoms with E-state index in [1.54, 1.807) is 6.08 Å². The highest BCUT2D eigenvalue weighted by Gasteiger charge is 2.32. The Kier molecular flexibility index (Phi) is 4.45. The lowest BCUT2D eigenvalue weighted by atomic mass is 10.1. The Bertz CT molecular complexity index is 498. The van der Waals surface area contributed by atoms with E-state index in [4.69, 9.17) is 9.47 Å². The fourth-order valence-electron chi connectivity index (χ4n) is 2.18. The number of ether oxygens (including phenoxy) is 2. The largest absolute Gasteiger partial charge is 0.472 e. The number of nitrogens with zero attached hydrogens (tertiary/aromatic N) is 1. The van der Waals surface area contributed by atoms with Crippen molar-refractivity contribution < 1.29 is 14.3 Å². The number of amides is 1. The van der Waals surface area contributed by atoms with E-state index in [-0.39, 0.29) is 18.8 Å². The molecule has 2 atom stereocenters. The van der Waals surface area contributed by atoms with Gasteiger partial charge in [0.2, 0.25) is 0 Å². The van der Waals surface area contributed by atoms with Gasteiger partial charge in [0.05, 0.1) is 0 Å². The molecule has 1 amide bonds. The van der Waals surface area contributed by atoms with E-state index in [2.05, 4.69) is 13.2 Å². The predicted octanol–water partition coefficient (Wildman–Crippen LogP) is 3.46. The average molecular weight is 273 g/mol. The van der Waals surface area contributed by atoms with Gasteiger partial charge < -0.3 is 9.47 Å². The molecule has 1 saturated heterocycles. The Morgan fingerprint density at radius 2 is 2.20 bits per heavy atom. The monoisotopic (exact) mass is 273 g/mol. The number of carbonyl (C=O) groups is 1. The van der Waals surface area contributed by atoms with Gasteiger partial charge in [0, 0.05) is 12.5 Å². The maximum atomic E-state index is 12.1. The van der Waals surface area contributed by atoms with Gasteiger partial charge in [-0.3, -0.25) is 0 Å². The van der Waals surface area contributed by atoms with E-state index < -0.39 is 6.09 Å². The first-order valence-electron chi connectivity index (χ1n) is 6.60. The number of hydrogen-bond donors (Lipinski definition) is 0. The fourth-order valence-corrected chi connectivity index (χ4v) is 2.18. The lowest BCUT2D eigenvalue weighted by Crippen LogP contribution is -2.45. The van der Waals surface area contributed by atoms with E-state index in [0.717, 1.165) is 5.56 Å². The fraction of sp³-hybridized carbons (Fsp3) is 0.312. The first-order chi connectivity index (χ1) is 9.61. The normalized spacial score (nSPS) is 22.1. The van der Waals surface area contributed by atoms with Gasteiger partial charge in [-0.1, -0.05) is 43.0 Å². The molecule has 20 heavy (non-hydrogen) atoms. The molecule has 1 aromatic carbocycles. The van der Waals surface area contributed by atoms with Crippen molar-refractivity contribution in [3.05, 3.63) is 61.0 Å². The highest BCUT2D eigenvalue weighted by atomic mass is 16.6. The number of benzene rings is 1. The molecule has 0 unspecified atom stereocenters. The summed E-state index contributed by atoms with van der Waals surface area (Å²) < 4.78 is 10.8. The van der Waals surface area contributed by atoms with Gasteiger partial charge in [-0.15, -0.1) is 0 Å². The van der Waals surface area contributed by atoms with Gasteiger partial charge in [-0.05, 0) is 19.1 Å². The van der Waals surface area contributed by atoms with Crippen molar-refractivity contribution in [1.29, 1.82) is 0 Å². The molecule has 0 spiro atoms. The van der Waals surface area contributed by atoms with Crippen LogP contribution in [0.1, 0.15) is 18.9 Å². The molecule has 0 N–H and O–H groups in total. The second-order valence-corrected chi connectivity index (χ2v) is 4.78. The smallest absolute Gasteiger partial charge is 0.417 e. The summed E-state index contributed by atoms with van der Waals surface area (Å²) in [7, 11) is 0. The van der Waals surface area contributed by atoms with Crippen LogP contribution in [0.15, 0.2) is 55.4 Å². The van der Waals surface area contributed by atoms with Crippen LogP contribution in [0.2, 0.25) is 0 Å². The Morgan fingerprint density at radius 1 is 1.50 bits per heavy atom. The zero-order valence-electron chi connectivity index (χ0n) is 11.6. The molecule has 106 valence electrons. The molecule has 0 aliphatic carbocycles. The van der Waals surface area contributed by atoms with Crippen molar-refractivity contribution in [1.82, 2.24) is 4.90 Å². The second-order valence-electron chi connectivity index (χ2n) is 4.78. The van der Waals surface area contributed by atoms with Crippen molar-refractivity contribution in [2.45, 2.75) is 32.1 Å². The molecule has 1 aromatic rings. The van der Waals surface area contributed by atoms with Crippen LogP contribution >= 0.6 is 0 Å². The third kappa shape index (κ3) is 3.20. The summed E-state index contributed by atoms with van der Waals surface area (Å²) in [6.07, 6.45) is 1.86. The zero-order chi connectivity index (χ0) is 14.5. The third-order valence-corrected chi connectivity index (χ3v) is 3.24. The van der Waals surface area contributed by atoms with Crippen LogP contribution in [0.4, 0.5) is 4.79 Å². The maximum Gasteiger partial charge on any atom is 0.417 e. The van der Waals surface area contributed by atoms with Gasteiger partial charge in [0.25, 0.3) is 0 Å². The summed E-state index contributed by atoms with van der Waals surface area (Å²) >= 11 is 0. The summed E-state index contributed by atoms with van der Waals surface area (Å²) in [5.41, 5.74) is 0.945. The minimum atomic E-state index is -0.436. The lowest BCUT2D eigenvalue weighted by molar-refractivity contribution is -0.00667. The molecule has 1 aliphatic rings. The molecule has 1 aliphatic heterocycles. The van der Waals surface area contributed by atoms with Crippen molar-refractivity contribution in [3.63, 3.8) is 0 Å². The standard InChI is InChI=1S/C16H19NO3/c1-4-15-10-12(2)17(13(3)20-15)16(18)19-11-14-8-6-5-7-9-14/h4-9,12,15H,1,3,10-11H2,2H3/t12-,15+/m0/s1. The topological polar surface area (TPSA) is 38.8 Å². The Hall–Kier alpha value is -2.23. The van der Waals surface area contributed by atoms with Gasteiger partial charge in [-0.25, -0.2) is 9.69 Å². The molecule has 1 fully saturated rings. The summed E-state index contributed by atoms with van der Waals surface area (Å²) in [6.45, 7) is 9.65. The number of hydrogen-bond acceptors (Lipinski definition) is 3. The van der Waals surface area contributed by atoms with Gasteiger partial charge in [0.1, 0.15) is 12.7 Å². The van der Waals surface area contributed by atoms with Crippen LogP contribution in [0, 0.1) is 0 Å². The summed E-state index contributed by atoms with van der Waals surface area (Å²) in [5.74, 6) is 0.312. The summed E-state index contributed by atoms with van der Waals surface area (Å²) in [4.78, 5) is 13.6. The Morgan fingerprint density at radius 3 is 2.80 bits per heavy atom. The highest BCUT2D eigenvalue weighted by molar-refractivity contribution is 5.70. The van der Waals surface area contributed by atoms with Gasteiger partial charge in [0.15, 0.2) is 5.88 Å². The Labute approximate surface area is 119 Å². The van der Waals surface area contributed by atoms with Gasteiger partial charge >= 0.3 is 6.09 Å². The van der Waals surface area contributed by atoms with Crippen LogP contribution in [0.3, 0.4) is 0 Å². The van der Waals surface area contributed by atoms with Crippen LogP contribution in [-0.2, 0) is 16.1 Å². The molecular weight excluding hydrogens is 254 g/mol. The van der Waals surface area contributed by atoms with Crippen LogP contribution in [0.25, 0.3) is 0 Å². The van der Waals surface area contributed by atoms with Crippen molar-refractivity contribution in [3.8, 4) is 0 Å². The summed E-state index contributed by atoms with van der Waals surface area (Å²) in [5, 5.41) is 0. The summed E-state index contributed by atoms with van der Waals surface area (Å²) in [6, 6.07) is 9.52. The molecule has 1 heterocycles. The van der Waals surface area contributed by atoms with Crippen molar-refractivity contribution in [2.24, 2.45) is 0 Å². The van der Waals surface area contributed by atoms with Crippen molar-refractivity contribution in [2.75, 3.05) is 0 Å². The maximum absolute atomic E-state index is 12.1. The molecule has 4 heteroatoms. The van der Waals surface area contributed by atoms with Crippen LogP contribution in [0.5, 0.6) is 0 Å². The van der Waals surface area contributed by atoms with Gasteiger partial charge in [-0.2, -0.15) is 0 Å². The molecular formula is C16H19NO3. The minimum absolute atomic E-state index is 0.0254. The number of carbonyl (C=O) groups excluding carboxylic acids is 1. The third-order valence-electron chi connectivity index (χ3n) is 3.24. The van der Waals surface area contributed by atoms with Crippen LogP contribution < -0.4 is 0 Å². The molecule has 0 aromatic heterocycles. The second kappa shape index (κ2) is 6.28. The first kappa shape index (κ1) is 14.2. The quantitative estimate of drug-likeness (QED) is 0.792. The minimum Gasteiger partial charge on any atom is -0.472 e. The molecule has 4 nitrogen and oxygen atoms in total. The van der Waals surface area contributed by atoms with Crippen molar-refractivity contribution >= 4 is 6.09 Å². The number of rotatable bonds is 3. The molecule has 2 rings (SSSR count). The SMILES string of the molecule is C=C[C@@H]1C[C@H](C)N(C(=O)OCc2ccccc2)C(=C)O1.